The standard InChI is InChI=1S/C13H25N3O2.ClH/c1-10-8-14-5-6-16(10)12(18)9-15-11(17)7-13(2,3)4;/h10,14H,5-9H2,1-4H3,(H,15,17);1H/t10-;/m0./s1. The van der Waals surface area contributed by atoms with Crippen LogP contribution >= 0.6 is 12.4 Å². The van der Waals surface area contributed by atoms with Gasteiger partial charge in [0, 0.05) is 32.1 Å². The molecule has 6 heteroatoms. The highest BCUT2D eigenvalue weighted by molar-refractivity contribution is 5.85. The maximum atomic E-state index is 12.0. The van der Waals surface area contributed by atoms with E-state index in [1.807, 2.05) is 32.6 Å². The molecule has 1 atom stereocenters. The highest BCUT2D eigenvalue weighted by Crippen LogP contribution is 2.17. The van der Waals surface area contributed by atoms with Crippen molar-refractivity contribution in [1.82, 2.24) is 15.5 Å². The molecule has 1 aliphatic heterocycles. The molecule has 0 aromatic rings. The number of piperazine rings is 1. The first kappa shape index (κ1) is 18.2. The average molecular weight is 292 g/mol. The molecule has 0 aromatic carbocycles. The van der Waals surface area contributed by atoms with Crippen LogP contribution in [0.4, 0.5) is 0 Å². The quantitative estimate of drug-likeness (QED) is 0.808. The van der Waals surface area contributed by atoms with Crippen LogP contribution in [0.15, 0.2) is 0 Å². The molecule has 1 aliphatic rings. The zero-order valence-electron chi connectivity index (χ0n) is 12.3. The Bertz CT molecular complexity index is 316. The van der Waals surface area contributed by atoms with Gasteiger partial charge >= 0.3 is 0 Å². The Balaban J connectivity index is 0.00000324. The van der Waals surface area contributed by atoms with Crippen molar-refractivity contribution >= 4 is 24.2 Å². The molecule has 1 rings (SSSR count). The Hall–Kier alpha value is -0.810. The molecule has 2 amide bonds. The maximum Gasteiger partial charge on any atom is 0.242 e. The molecule has 0 saturated carbocycles. The summed E-state index contributed by atoms with van der Waals surface area (Å²) in [6.07, 6.45) is 0.442. The van der Waals surface area contributed by atoms with Gasteiger partial charge in [0.05, 0.1) is 6.54 Å². The van der Waals surface area contributed by atoms with Crippen LogP contribution in [0, 0.1) is 5.41 Å². The zero-order valence-corrected chi connectivity index (χ0v) is 13.1. The molecule has 0 spiro atoms. The average Bonchev–Trinajstić information content (AvgIpc) is 2.24. The van der Waals surface area contributed by atoms with Gasteiger partial charge in [0.2, 0.25) is 11.8 Å². The molecule has 0 radical (unpaired) electrons. The van der Waals surface area contributed by atoms with Gasteiger partial charge in [-0.3, -0.25) is 9.59 Å². The number of halogens is 1. The fourth-order valence-electron chi connectivity index (χ4n) is 2.03. The van der Waals surface area contributed by atoms with Crippen LogP contribution in [-0.4, -0.2) is 48.9 Å². The van der Waals surface area contributed by atoms with E-state index in [0.29, 0.717) is 6.42 Å². The van der Waals surface area contributed by atoms with Crippen LogP contribution in [0.1, 0.15) is 34.1 Å². The zero-order chi connectivity index (χ0) is 13.8. The summed E-state index contributed by atoms with van der Waals surface area (Å²) in [7, 11) is 0. The number of nitrogens with zero attached hydrogens (tertiary/aromatic N) is 1. The Kier molecular flexibility index (Phi) is 7.37. The molecular weight excluding hydrogens is 266 g/mol. The molecule has 1 fully saturated rings. The third kappa shape index (κ3) is 6.78. The molecule has 1 heterocycles. The van der Waals surface area contributed by atoms with Crippen molar-refractivity contribution in [2.75, 3.05) is 26.2 Å². The van der Waals surface area contributed by atoms with Crippen molar-refractivity contribution in [3.8, 4) is 0 Å². The number of hydrogen-bond donors (Lipinski definition) is 2. The van der Waals surface area contributed by atoms with E-state index in [0.717, 1.165) is 19.6 Å². The van der Waals surface area contributed by atoms with Crippen LogP contribution in [-0.2, 0) is 9.59 Å². The first-order chi connectivity index (χ1) is 8.29. The molecular formula is C13H26ClN3O2. The second-order valence-electron chi connectivity index (χ2n) is 6.15. The molecule has 0 aromatic heterocycles. The second-order valence-corrected chi connectivity index (χ2v) is 6.15. The van der Waals surface area contributed by atoms with E-state index in [1.54, 1.807) is 0 Å². The first-order valence-corrected chi connectivity index (χ1v) is 6.56. The van der Waals surface area contributed by atoms with Crippen molar-refractivity contribution in [3.05, 3.63) is 0 Å². The molecule has 5 nitrogen and oxygen atoms in total. The van der Waals surface area contributed by atoms with Crippen LogP contribution in [0.5, 0.6) is 0 Å². The van der Waals surface area contributed by atoms with E-state index < -0.39 is 0 Å². The minimum absolute atomic E-state index is 0. The third-order valence-electron chi connectivity index (χ3n) is 2.95. The fraction of sp³-hybridized carbons (Fsp3) is 0.846. The number of amides is 2. The SMILES string of the molecule is C[C@H]1CNCCN1C(=O)CNC(=O)CC(C)(C)C.Cl. The minimum atomic E-state index is -0.0568. The monoisotopic (exact) mass is 291 g/mol. The topological polar surface area (TPSA) is 61.4 Å². The van der Waals surface area contributed by atoms with E-state index in [4.69, 9.17) is 0 Å². The molecule has 112 valence electrons. The Labute approximate surface area is 121 Å². The van der Waals surface area contributed by atoms with Crippen molar-refractivity contribution in [2.24, 2.45) is 5.41 Å². The third-order valence-corrected chi connectivity index (χ3v) is 2.95. The lowest BCUT2D eigenvalue weighted by Crippen LogP contribution is -2.54. The highest BCUT2D eigenvalue weighted by atomic mass is 35.5. The van der Waals surface area contributed by atoms with Gasteiger partial charge in [0.25, 0.3) is 0 Å². The summed E-state index contributed by atoms with van der Waals surface area (Å²) in [6.45, 7) is 10.5. The molecule has 0 aliphatic carbocycles. The van der Waals surface area contributed by atoms with Crippen molar-refractivity contribution in [1.29, 1.82) is 0 Å². The van der Waals surface area contributed by atoms with Gasteiger partial charge in [-0.05, 0) is 12.3 Å². The lowest BCUT2D eigenvalue weighted by molar-refractivity contribution is -0.135. The molecule has 1 saturated heterocycles. The number of carbonyl (C=O) groups is 2. The van der Waals surface area contributed by atoms with Gasteiger partial charge in [-0.2, -0.15) is 0 Å². The normalized spacial score (nSPS) is 19.6. The summed E-state index contributed by atoms with van der Waals surface area (Å²) in [5, 5.41) is 5.94. The van der Waals surface area contributed by atoms with Gasteiger partial charge < -0.3 is 15.5 Å². The summed E-state index contributed by atoms with van der Waals surface area (Å²) in [4.78, 5) is 25.4. The molecule has 0 unspecified atom stereocenters. The van der Waals surface area contributed by atoms with Crippen LogP contribution < -0.4 is 10.6 Å². The van der Waals surface area contributed by atoms with Crippen molar-refractivity contribution in [2.45, 2.75) is 40.2 Å². The molecule has 0 bridgehead atoms. The van der Waals surface area contributed by atoms with Crippen LogP contribution in [0.2, 0.25) is 0 Å². The molecule has 19 heavy (non-hydrogen) atoms. The Morgan fingerprint density at radius 3 is 2.53 bits per heavy atom. The van der Waals surface area contributed by atoms with E-state index in [2.05, 4.69) is 10.6 Å². The number of hydrogen-bond acceptors (Lipinski definition) is 3. The van der Waals surface area contributed by atoms with Gasteiger partial charge in [0.15, 0.2) is 0 Å². The Morgan fingerprint density at radius 1 is 1.37 bits per heavy atom. The Morgan fingerprint density at radius 2 is 2.00 bits per heavy atom. The highest BCUT2D eigenvalue weighted by Gasteiger charge is 2.23. The van der Waals surface area contributed by atoms with Gasteiger partial charge in [0.1, 0.15) is 0 Å². The number of rotatable bonds is 3. The lowest BCUT2D eigenvalue weighted by atomic mass is 9.92. The summed E-state index contributed by atoms with van der Waals surface area (Å²) in [5.74, 6) is -0.0510. The number of carbonyl (C=O) groups excluding carboxylic acids is 2. The summed E-state index contributed by atoms with van der Waals surface area (Å²) < 4.78 is 0. The fourth-order valence-corrected chi connectivity index (χ4v) is 2.03. The largest absolute Gasteiger partial charge is 0.347 e. The summed E-state index contributed by atoms with van der Waals surface area (Å²) >= 11 is 0. The first-order valence-electron chi connectivity index (χ1n) is 6.56. The van der Waals surface area contributed by atoms with Crippen LogP contribution in [0.3, 0.4) is 0 Å². The second kappa shape index (κ2) is 7.70. The maximum absolute atomic E-state index is 12.0. The van der Waals surface area contributed by atoms with Crippen molar-refractivity contribution < 1.29 is 9.59 Å². The summed E-state index contributed by atoms with van der Waals surface area (Å²) in [6, 6.07) is 0.200. The smallest absolute Gasteiger partial charge is 0.242 e. The van der Waals surface area contributed by atoms with Crippen molar-refractivity contribution in [3.63, 3.8) is 0 Å². The predicted octanol–water partition coefficient (Wildman–Crippen LogP) is 0.781. The lowest BCUT2D eigenvalue weighted by Gasteiger charge is -2.34. The number of nitrogens with one attached hydrogen (secondary N) is 2. The predicted molar refractivity (Wildman–Crippen MR) is 78.4 cm³/mol. The van der Waals surface area contributed by atoms with Gasteiger partial charge in [-0.15, -0.1) is 12.4 Å². The molecule has 2 N–H and O–H groups in total. The minimum Gasteiger partial charge on any atom is -0.347 e. The van der Waals surface area contributed by atoms with Gasteiger partial charge in [-0.25, -0.2) is 0 Å². The van der Waals surface area contributed by atoms with Gasteiger partial charge in [-0.1, -0.05) is 20.8 Å². The van der Waals surface area contributed by atoms with E-state index in [1.165, 1.54) is 0 Å². The van der Waals surface area contributed by atoms with E-state index in [9.17, 15) is 9.59 Å². The summed E-state index contributed by atoms with van der Waals surface area (Å²) in [5.41, 5.74) is -0.0462. The van der Waals surface area contributed by atoms with E-state index >= 15 is 0 Å². The van der Waals surface area contributed by atoms with E-state index in [-0.39, 0.29) is 42.2 Å². The van der Waals surface area contributed by atoms with Crippen LogP contribution in [0.25, 0.3) is 0 Å².